The average Bonchev–Trinajstić information content (AvgIpc) is 3.16. The molecule has 1 aromatic carbocycles. The van der Waals surface area contributed by atoms with E-state index in [4.69, 9.17) is 0 Å². The molecule has 0 saturated carbocycles. The summed E-state index contributed by atoms with van der Waals surface area (Å²) >= 11 is 0. The molecule has 9 nitrogen and oxygen atoms in total. The van der Waals surface area contributed by atoms with Crippen LogP contribution in [0.5, 0.6) is 0 Å². The van der Waals surface area contributed by atoms with Crippen LogP contribution in [-0.4, -0.2) is 38.2 Å². The second-order valence-electron chi connectivity index (χ2n) is 5.33. The van der Waals surface area contributed by atoms with Crippen molar-refractivity contribution < 1.29 is 8.42 Å². The molecule has 3 aromatic rings. The number of hydrogen-bond acceptors (Lipinski definition) is 6. The highest BCUT2D eigenvalue weighted by atomic mass is 32.2. The molecule has 0 radical (unpaired) electrons. The topological polar surface area (TPSA) is 108 Å². The maximum atomic E-state index is 12.9. The van der Waals surface area contributed by atoms with Crippen LogP contribution in [0.15, 0.2) is 29.4 Å². The molecule has 1 atom stereocenters. The standard InChI is InChI=1S/C14H19N7O2S/c1-4-10(14-15-9-16-21(14)5-2)19-24(22,23)12-8-6-7-11-13(12)18-20(3)17-11/h6-10,19H,4-5H2,1-3H3/t10-/m0/s1. The lowest BCUT2D eigenvalue weighted by Gasteiger charge is -2.17. The molecule has 0 amide bonds. The van der Waals surface area contributed by atoms with Crippen molar-refractivity contribution in [3.8, 4) is 0 Å². The summed E-state index contributed by atoms with van der Waals surface area (Å²) in [6.07, 6.45) is 1.98. The summed E-state index contributed by atoms with van der Waals surface area (Å²) in [6.45, 7) is 4.44. The number of sulfonamides is 1. The highest BCUT2D eigenvalue weighted by molar-refractivity contribution is 7.89. The molecule has 2 heterocycles. The summed E-state index contributed by atoms with van der Waals surface area (Å²) in [5.41, 5.74) is 0.879. The molecule has 2 aromatic heterocycles. The van der Waals surface area contributed by atoms with Gasteiger partial charge in [-0.25, -0.2) is 22.8 Å². The third-order valence-corrected chi connectivity index (χ3v) is 5.23. The summed E-state index contributed by atoms with van der Waals surface area (Å²) < 4.78 is 30.1. The maximum absolute atomic E-state index is 12.9. The third-order valence-electron chi connectivity index (χ3n) is 3.73. The highest BCUT2D eigenvalue weighted by Gasteiger charge is 2.26. The Labute approximate surface area is 139 Å². The van der Waals surface area contributed by atoms with E-state index in [1.807, 2.05) is 13.8 Å². The lowest BCUT2D eigenvalue weighted by atomic mass is 10.2. The van der Waals surface area contributed by atoms with Gasteiger partial charge in [-0.3, -0.25) is 0 Å². The summed E-state index contributed by atoms with van der Waals surface area (Å²) in [4.78, 5) is 5.66. The van der Waals surface area contributed by atoms with Gasteiger partial charge in [0.25, 0.3) is 0 Å². The number of aromatic nitrogens is 6. The lowest BCUT2D eigenvalue weighted by molar-refractivity contribution is 0.503. The number of nitrogens with zero attached hydrogens (tertiary/aromatic N) is 6. The Balaban J connectivity index is 2.00. The van der Waals surface area contributed by atoms with E-state index in [2.05, 4.69) is 25.0 Å². The molecule has 24 heavy (non-hydrogen) atoms. The average molecular weight is 349 g/mol. The molecule has 0 aliphatic rings. The van der Waals surface area contributed by atoms with E-state index >= 15 is 0 Å². The van der Waals surface area contributed by atoms with Gasteiger partial charge in [-0.1, -0.05) is 13.0 Å². The predicted octanol–water partition coefficient (Wildman–Crippen LogP) is 1.01. The van der Waals surface area contributed by atoms with Gasteiger partial charge in [0.15, 0.2) is 0 Å². The van der Waals surface area contributed by atoms with Gasteiger partial charge >= 0.3 is 0 Å². The number of hydrogen-bond donors (Lipinski definition) is 1. The van der Waals surface area contributed by atoms with Crippen molar-refractivity contribution in [1.82, 2.24) is 34.5 Å². The van der Waals surface area contributed by atoms with Crippen LogP contribution < -0.4 is 4.72 Å². The van der Waals surface area contributed by atoms with E-state index in [9.17, 15) is 8.42 Å². The summed E-state index contributed by atoms with van der Waals surface area (Å²) in [5.74, 6) is 0.592. The second kappa shape index (κ2) is 6.29. The van der Waals surface area contributed by atoms with Crippen LogP contribution in [-0.2, 0) is 23.6 Å². The van der Waals surface area contributed by atoms with E-state index in [0.717, 1.165) is 0 Å². The molecule has 0 bridgehead atoms. The van der Waals surface area contributed by atoms with Gasteiger partial charge < -0.3 is 0 Å². The van der Waals surface area contributed by atoms with Crippen LogP contribution in [0.1, 0.15) is 32.1 Å². The first kappa shape index (κ1) is 16.5. The Morgan fingerprint density at radius 2 is 2.04 bits per heavy atom. The van der Waals surface area contributed by atoms with Crippen LogP contribution in [0.4, 0.5) is 0 Å². The molecular weight excluding hydrogens is 330 g/mol. The Hall–Kier alpha value is -2.33. The van der Waals surface area contributed by atoms with Gasteiger partial charge in [-0.05, 0) is 25.5 Å². The van der Waals surface area contributed by atoms with Crippen LogP contribution in [0.25, 0.3) is 11.0 Å². The van der Waals surface area contributed by atoms with E-state index < -0.39 is 16.1 Å². The molecule has 0 unspecified atom stereocenters. The van der Waals surface area contributed by atoms with Crippen molar-refractivity contribution >= 4 is 21.1 Å². The van der Waals surface area contributed by atoms with Gasteiger partial charge in [-0.15, -0.1) is 0 Å². The molecule has 0 aliphatic heterocycles. The second-order valence-corrected chi connectivity index (χ2v) is 7.01. The van der Waals surface area contributed by atoms with E-state index in [0.29, 0.717) is 29.8 Å². The van der Waals surface area contributed by atoms with Crippen LogP contribution in [0, 0.1) is 0 Å². The largest absolute Gasteiger partial charge is 0.249 e. The molecule has 0 saturated heterocycles. The monoisotopic (exact) mass is 349 g/mol. The molecule has 10 heteroatoms. The minimum atomic E-state index is -3.78. The molecule has 128 valence electrons. The first-order valence-corrected chi connectivity index (χ1v) is 9.14. The molecular formula is C14H19N7O2S. The summed E-state index contributed by atoms with van der Waals surface area (Å²) in [7, 11) is -2.13. The first-order valence-electron chi connectivity index (χ1n) is 7.66. The Morgan fingerprint density at radius 3 is 2.75 bits per heavy atom. The van der Waals surface area contributed by atoms with Gasteiger partial charge in [0, 0.05) is 13.6 Å². The van der Waals surface area contributed by atoms with Crippen molar-refractivity contribution in [1.29, 1.82) is 0 Å². The van der Waals surface area contributed by atoms with E-state index in [-0.39, 0.29) is 4.90 Å². The number of nitrogens with one attached hydrogen (secondary N) is 1. The van der Waals surface area contributed by atoms with Crippen LogP contribution in [0.2, 0.25) is 0 Å². The zero-order chi connectivity index (χ0) is 17.3. The fourth-order valence-corrected chi connectivity index (χ4v) is 4.02. The summed E-state index contributed by atoms with van der Waals surface area (Å²) in [6, 6.07) is 4.44. The number of fused-ring (bicyclic) bond motifs is 1. The summed E-state index contributed by atoms with van der Waals surface area (Å²) in [5, 5.41) is 12.4. The third kappa shape index (κ3) is 2.89. The minimum absolute atomic E-state index is 0.106. The number of rotatable bonds is 6. The molecule has 0 aliphatic carbocycles. The fourth-order valence-electron chi connectivity index (χ4n) is 2.59. The SMILES string of the molecule is CC[C@H](NS(=O)(=O)c1cccc2nn(C)nc12)c1ncnn1CC. The van der Waals surface area contributed by atoms with Gasteiger partial charge in [0.05, 0.1) is 6.04 Å². The normalized spacial score (nSPS) is 13.5. The van der Waals surface area contributed by atoms with Crippen molar-refractivity contribution in [2.75, 3.05) is 0 Å². The van der Waals surface area contributed by atoms with E-state index in [1.165, 1.54) is 17.2 Å². The zero-order valence-corrected chi connectivity index (χ0v) is 14.5. The quantitative estimate of drug-likeness (QED) is 0.711. The Bertz CT molecular complexity index is 961. The predicted molar refractivity (Wildman–Crippen MR) is 87.6 cm³/mol. The minimum Gasteiger partial charge on any atom is -0.249 e. The Kier molecular flexibility index (Phi) is 4.33. The van der Waals surface area contributed by atoms with E-state index in [1.54, 1.807) is 23.9 Å². The first-order chi connectivity index (χ1) is 11.5. The smallest absolute Gasteiger partial charge is 0.243 e. The zero-order valence-electron chi connectivity index (χ0n) is 13.7. The molecule has 1 N–H and O–H groups in total. The van der Waals surface area contributed by atoms with Crippen molar-refractivity contribution in [3.05, 3.63) is 30.4 Å². The Morgan fingerprint density at radius 1 is 1.25 bits per heavy atom. The van der Waals surface area contributed by atoms with Crippen LogP contribution >= 0.6 is 0 Å². The maximum Gasteiger partial charge on any atom is 0.243 e. The van der Waals surface area contributed by atoms with Crippen molar-refractivity contribution in [2.24, 2.45) is 7.05 Å². The van der Waals surface area contributed by atoms with Gasteiger partial charge in [-0.2, -0.15) is 20.1 Å². The fraction of sp³-hybridized carbons (Fsp3) is 0.429. The van der Waals surface area contributed by atoms with Gasteiger partial charge in [0.2, 0.25) is 10.0 Å². The van der Waals surface area contributed by atoms with Crippen molar-refractivity contribution in [3.63, 3.8) is 0 Å². The lowest BCUT2D eigenvalue weighted by Crippen LogP contribution is -2.30. The van der Waals surface area contributed by atoms with Gasteiger partial charge in [0.1, 0.15) is 28.1 Å². The molecule has 3 rings (SSSR count). The molecule has 0 spiro atoms. The molecule has 0 fully saturated rings. The number of aryl methyl sites for hydroxylation is 2. The van der Waals surface area contributed by atoms with Crippen molar-refractivity contribution in [2.45, 2.75) is 37.8 Å². The number of benzene rings is 1. The van der Waals surface area contributed by atoms with Crippen LogP contribution in [0.3, 0.4) is 0 Å². The highest BCUT2D eigenvalue weighted by Crippen LogP contribution is 2.23.